The summed E-state index contributed by atoms with van der Waals surface area (Å²) in [5.74, 6) is 0. The van der Waals surface area contributed by atoms with Crippen molar-refractivity contribution in [3.63, 3.8) is 0 Å². The first-order valence-electron chi connectivity index (χ1n) is 5.84. The molecular weight excluding hydrogens is 323 g/mol. The van der Waals surface area contributed by atoms with Crippen LogP contribution in [-0.4, -0.2) is 78.0 Å². The van der Waals surface area contributed by atoms with Crippen molar-refractivity contribution >= 4 is 31.7 Å². The Kier molecular flexibility index (Phi) is 23.3. The molecule has 0 saturated heterocycles. The van der Waals surface area contributed by atoms with E-state index < -0.39 is 0 Å². The molecule has 0 heterocycles. The van der Waals surface area contributed by atoms with Crippen LogP contribution in [0.15, 0.2) is 0 Å². The van der Waals surface area contributed by atoms with Crippen molar-refractivity contribution in [3.05, 3.63) is 0 Å². The van der Waals surface area contributed by atoms with E-state index in [0.29, 0.717) is 31.7 Å². The molecule has 0 saturated carbocycles. The maximum atomic E-state index is 2.36. The summed E-state index contributed by atoms with van der Waals surface area (Å²) in [6, 6.07) is 0. The minimum absolute atomic E-state index is 0. The molecule has 0 nitrogen and oxygen atoms in total. The van der Waals surface area contributed by atoms with Gasteiger partial charge in [-0.1, -0.05) is 0 Å². The molecule has 0 rings (SSSR count). The van der Waals surface area contributed by atoms with E-state index in [9.17, 15) is 0 Å². The van der Waals surface area contributed by atoms with Crippen LogP contribution in [0.3, 0.4) is 0 Å². The van der Waals surface area contributed by atoms with E-state index in [2.05, 4.69) is 53.3 Å². The van der Waals surface area contributed by atoms with Crippen molar-refractivity contribution in [2.24, 2.45) is 0 Å². The molecular formula is C12H32MnP4. The summed E-state index contributed by atoms with van der Waals surface area (Å²) in [5.41, 5.74) is 0. The van der Waals surface area contributed by atoms with Gasteiger partial charge in [-0.2, -0.15) is 0 Å². The van der Waals surface area contributed by atoms with Gasteiger partial charge in [-0.15, -0.1) is 31.7 Å². The van der Waals surface area contributed by atoms with E-state index in [0.717, 1.165) is 0 Å². The first-order valence-corrected chi connectivity index (χ1v) is 15.5. The molecule has 0 aromatic heterocycles. The smallest absolute Gasteiger partial charge is 0 e. The zero-order valence-corrected chi connectivity index (χ0v) is 17.8. The summed E-state index contributed by atoms with van der Waals surface area (Å²) >= 11 is 0. The van der Waals surface area contributed by atoms with Crippen molar-refractivity contribution in [1.82, 2.24) is 0 Å². The predicted octanol–water partition coefficient (Wildman–Crippen LogP) is 4.94. The van der Waals surface area contributed by atoms with Gasteiger partial charge in [0.2, 0.25) is 0 Å². The fraction of sp³-hybridized carbons (Fsp3) is 1.00. The summed E-state index contributed by atoms with van der Waals surface area (Å²) in [7, 11) is 1.53. The van der Waals surface area contributed by atoms with Gasteiger partial charge in [0.25, 0.3) is 0 Å². The summed E-state index contributed by atoms with van der Waals surface area (Å²) in [6.07, 6.45) is 5.92. The summed E-state index contributed by atoms with van der Waals surface area (Å²) in [5, 5.41) is 0. The van der Waals surface area contributed by atoms with Crippen molar-refractivity contribution in [2.75, 3.05) is 78.0 Å². The van der Waals surface area contributed by atoms with E-state index in [1.165, 1.54) is 24.6 Å². The zero-order chi connectivity index (χ0) is 13.1. The van der Waals surface area contributed by atoms with Gasteiger partial charge in [-0.25, -0.2) is 0 Å². The molecule has 5 heteroatoms. The van der Waals surface area contributed by atoms with Crippen molar-refractivity contribution < 1.29 is 17.1 Å². The van der Waals surface area contributed by atoms with Crippen molar-refractivity contribution in [2.45, 2.75) is 0 Å². The Morgan fingerprint density at radius 1 is 0.412 bits per heavy atom. The Labute approximate surface area is 126 Å². The maximum Gasteiger partial charge on any atom is 0 e. The third-order valence-electron chi connectivity index (χ3n) is 1.99. The van der Waals surface area contributed by atoms with E-state index in [1.54, 1.807) is 0 Å². The van der Waals surface area contributed by atoms with E-state index in [4.69, 9.17) is 0 Å². The van der Waals surface area contributed by atoms with Crippen LogP contribution in [0.2, 0.25) is 0 Å². The van der Waals surface area contributed by atoms with Gasteiger partial charge in [0.15, 0.2) is 0 Å². The Morgan fingerprint density at radius 3 is 0.588 bits per heavy atom. The van der Waals surface area contributed by atoms with Crippen LogP contribution in [0.1, 0.15) is 0 Å². The van der Waals surface area contributed by atoms with Crippen LogP contribution in [-0.2, 0) is 17.1 Å². The normalized spacial score (nSPS) is 10.6. The molecule has 0 aliphatic carbocycles. The van der Waals surface area contributed by atoms with Crippen LogP contribution in [0.5, 0.6) is 0 Å². The van der Waals surface area contributed by atoms with Crippen LogP contribution in [0, 0.1) is 0 Å². The monoisotopic (exact) mass is 355 g/mol. The Balaban J connectivity index is -0.000000218. The third-order valence-corrected chi connectivity index (χ3v) is 7.17. The largest absolute Gasteiger partial charge is 0.113 e. The van der Waals surface area contributed by atoms with Crippen molar-refractivity contribution in [3.8, 4) is 0 Å². The average molecular weight is 355 g/mol. The van der Waals surface area contributed by atoms with Gasteiger partial charge < -0.3 is 0 Å². The van der Waals surface area contributed by atoms with Crippen LogP contribution >= 0.6 is 31.7 Å². The molecule has 0 aromatic rings. The molecule has 0 atom stereocenters. The maximum absolute atomic E-state index is 2.36. The first kappa shape index (κ1) is 24.3. The molecule has 0 aliphatic rings. The predicted molar refractivity (Wildman–Crippen MR) is 94.5 cm³/mol. The molecule has 0 aliphatic heterocycles. The molecule has 0 amide bonds. The topological polar surface area (TPSA) is 0 Å². The molecule has 0 aromatic carbocycles. The Hall–Kier alpha value is 2.24. The van der Waals surface area contributed by atoms with Gasteiger partial charge in [0, 0.05) is 17.1 Å². The van der Waals surface area contributed by atoms with Crippen molar-refractivity contribution in [1.29, 1.82) is 0 Å². The second-order valence-electron chi connectivity index (χ2n) is 5.21. The minimum Gasteiger partial charge on any atom is -0.113 e. The molecule has 0 spiro atoms. The van der Waals surface area contributed by atoms with E-state index in [-0.39, 0.29) is 17.1 Å². The average Bonchev–Trinajstić information content (AvgIpc) is 2.12. The number of hydrogen-bond donors (Lipinski definition) is 0. The van der Waals surface area contributed by atoms with Gasteiger partial charge in [0.05, 0.1) is 0 Å². The molecule has 107 valence electrons. The van der Waals surface area contributed by atoms with Crippen LogP contribution < -0.4 is 0 Å². The van der Waals surface area contributed by atoms with Crippen LogP contribution in [0.25, 0.3) is 0 Å². The number of rotatable bonds is 6. The molecule has 0 N–H and O–H groups in total. The fourth-order valence-corrected chi connectivity index (χ4v) is 7.20. The minimum atomic E-state index is 0. The summed E-state index contributed by atoms with van der Waals surface area (Å²) in [6.45, 7) is 18.8. The van der Waals surface area contributed by atoms with Gasteiger partial charge in [-0.05, 0) is 78.0 Å². The van der Waals surface area contributed by atoms with Gasteiger partial charge >= 0.3 is 0 Å². The molecule has 0 unspecified atom stereocenters. The van der Waals surface area contributed by atoms with E-state index in [1.807, 2.05) is 0 Å². The summed E-state index contributed by atoms with van der Waals surface area (Å²) < 4.78 is 0. The fourth-order valence-electron chi connectivity index (χ4n) is 0.800. The van der Waals surface area contributed by atoms with Gasteiger partial charge in [0.1, 0.15) is 0 Å². The molecule has 0 bridgehead atoms. The summed E-state index contributed by atoms with van der Waals surface area (Å²) in [4.78, 5) is 0. The second-order valence-corrected chi connectivity index (χ2v) is 15.6. The first-order chi connectivity index (χ1) is 7.25. The molecule has 17 heavy (non-hydrogen) atoms. The molecule has 0 fully saturated rings. The SMILES string of the molecule is CP(C)CCP(C)C.CP(C)CCP(C)C.[Mn]. The van der Waals surface area contributed by atoms with Crippen LogP contribution in [0.4, 0.5) is 0 Å². The second kappa shape index (κ2) is 16.3. The molecule has 1 radical (unpaired) electrons. The quantitative estimate of drug-likeness (QED) is 0.468. The standard InChI is InChI=1S/2C6H16P2.Mn/c2*1-7(2)5-6-8(3)4;/h2*5-6H2,1-4H3;. The van der Waals surface area contributed by atoms with E-state index >= 15 is 0 Å². The Morgan fingerprint density at radius 2 is 0.529 bits per heavy atom. The third kappa shape index (κ3) is 32.1. The Bertz CT molecular complexity index is 106. The van der Waals surface area contributed by atoms with Gasteiger partial charge in [-0.3, -0.25) is 0 Å². The number of hydrogen-bond acceptors (Lipinski definition) is 0. The zero-order valence-electron chi connectivity index (χ0n) is 13.0.